The van der Waals surface area contributed by atoms with Gasteiger partial charge in [0.1, 0.15) is 11.5 Å². The van der Waals surface area contributed by atoms with Gasteiger partial charge in [-0.05, 0) is 37.0 Å². The predicted octanol–water partition coefficient (Wildman–Crippen LogP) is 3.17. The first-order valence-corrected chi connectivity index (χ1v) is 7.86. The maximum atomic E-state index is 14.7. The smallest absolute Gasteiger partial charge is 0.259 e. The fourth-order valence-corrected chi connectivity index (χ4v) is 2.94. The van der Waals surface area contributed by atoms with Crippen molar-refractivity contribution < 1.29 is 13.5 Å². The number of ether oxygens (including phenoxy) is 1. The van der Waals surface area contributed by atoms with Crippen LogP contribution in [0, 0.1) is 12.7 Å². The molecule has 1 aliphatic rings. The number of benzene rings is 1. The van der Waals surface area contributed by atoms with Gasteiger partial charge < -0.3 is 4.74 Å². The minimum absolute atomic E-state index is 0.105. The van der Waals surface area contributed by atoms with Gasteiger partial charge in [-0.25, -0.2) is 13.8 Å². The number of aryl methyl sites for hydroxylation is 1. The summed E-state index contributed by atoms with van der Waals surface area (Å²) in [4.78, 5) is 20.7. The van der Waals surface area contributed by atoms with E-state index in [0.717, 1.165) is 0 Å². The Hall–Kier alpha value is -2.83. The summed E-state index contributed by atoms with van der Waals surface area (Å²) in [5.74, 6) is -0.198. The summed E-state index contributed by atoms with van der Waals surface area (Å²) in [6.45, 7) is 1.68. The van der Waals surface area contributed by atoms with Gasteiger partial charge in [-0.1, -0.05) is 6.07 Å². The molecule has 1 aromatic carbocycles. The van der Waals surface area contributed by atoms with Crippen molar-refractivity contribution in [3.63, 3.8) is 0 Å². The van der Waals surface area contributed by atoms with E-state index in [1.54, 1.807) is 13.0 Å². The van der Waals surface area contributed by atoms with Crippen molar-refractivity contribution in [2.45, 2.75) is 25.4 Å². The van der Waals surface area contributed by atoms with Crippen LogP contribution in [0.2, 0.25) is 0 Å². The third-order valence-corrected chi connectivity index (χ3v) is 4.47. The number of alkyl halides is 1. The summed E-state index contributed by atoms with van der Waals surface area (Å²) in [7, 11) is 1.45. The Morgan fingerprint density at radius 3 is 2.64 bits per heavy atom. The highest BCUT2D eigenvalue weighted by molar-refractivity contribution is 5.66. The van der Waals surface area contributed by atoms with Crippen molar-refractivity contribution >= 4 is 5.78 Å². The molecule has 25 heavy (non-hydrogen) atoms. The van der Waals surface area contributed by atoms with Crippen LogP contribution in [-0.2, 0) is 5.67 Å². The van der Waals surface area contributed by atoms with Crippen molar-refractivity contribution in [2.75, 3.05) is 7.11 Å². The van der Waals surface area contributed by atoms with Gasteiger partial charge in [0.25, 0.3) is 5.56 Å². The van der Waals surface area contributed by atoms with Gasteiger partial charge in [-0.15, -0.1) is 0 Å². The molecule has 0 bridgehead atoms. The second-order valence-electron chi connectivity index (χ2n) is 6.23. The van der Waals surface area contributed by atoms with E-state index in [2.05, 4.69) is 9.97 Å². The first-order valence-electron chi connectivity index (χ1n) is 7.86. The van der Waals surface area contributed by atoms with E-state index in [9.17, 15) is 13.6 Å². The van der Waals surface area contributed by atoms with Gasteiger partial charge in [-0.3, -0.25) is 9.20 Å². The topological polar surface area (TPSA) is 56.5 Å². The van der Waals surface area contributed by atoms with E-state index >= 15 is 0 Å². The molecule has 0 spiro atoms. The average Bonchev–Trinajstić information content (AvgIpc) is 3.32. The zero-order chi connectivity index (χ0) is 17.8. The second kappa shape index (κ2) is 5.34. The molecule has 3 aromatic rings. The molecule has 1 aliphatic carbocycles. The highest BCUT2D eigenvalue weighted by atomic mass is 19.1. The molecule has 0 saturated heterocycles. The lowest BCUT2D eigenvalue weighted by molar-refractivity contribution is 0.316. The van der Waals surface area contributed by atoms with Gasteiger partial charge in [0, 0.05) is 23.9 Å². The van der Waals surface area contributed by atoms with Crippen LogP contribution in [0.3, 0.4) is 0 Å². The van der Waals surface area contributed by atoms with Gasteiger partial charge in [0.2, 0.25) is 11.7 Å². The van der Waals surface area contributed by atoms with E-state index in [4.69, 9.17) is 4.74 Å². The Balaban J connectivity index is 1.91. The average molecular weight is 343 g/mol. The number of fused-ring (bicyclic) bond motifs is 1. The molecule has 0 radical (unpaired) electrons. The first-order chi connectivity index (χ1) is 11.9. The van der Waals surface area contributed by atoms with Crippen molar-refractivity contribution in [3.8, 4) is 17.1 Å². The summed E-state index contributed by atoms with van der Waals surface area (Å²) in [6, 6.07) is 5.59. The van der Waals surface area contributed by atoms with Crippen molar-refractivity contribution in [1.29, 1.82) is 0 Å². The number of aromatic nitrogens is 3. The maximum absolute atomic E-state index is 14.7. The molecule has 4 rings (SSSR count). The largest absolute Gasteiger partial charge is 0.481 e. The molecule has 128 valence electrons. The summed E-state index contributed by atoms with van der Waals surface area (Å²) in [5.41, 5.74) is -0.605. The van der Waals surface area contributed by atoms with E-state index in [-0.39, 0.29) is 22.6 Å². The maximum Gasteiger partial charge on any atom is 0.259 e. The van der Waals surface area contributed by atoms with E-state index in [1.807, 2.05) is 0 Å². The number of methoxy groups -OCH3 is 1. The predicted molar refractivity (Wildman–Crippen MR) is 88.0 cm³/mol. The number of nitrogens with zero attached hydrogens (tertiary/aromatic N) is 3. The van der Waals surface area contributed by atoms with Crippen LogP contribution in [0.25, 0.3) is 17.0 Å². The van der Waals surface area contributed by atoms with Crippen LogP contribution in [0.4, 0.5) is 8.78 Å². The van der Waals surface area contributed by atoms with Crippen LogP contribution in [0.15, 0.2) is 35.3 Å². The van der Waals surface area contributed by atoms with Gasteiger partial charge in [-0.2, -0.15) is 4.98 Å². The summed E-state index contributed by atoms with van der Waals surface area (Å²) in [5, 5.41) is 0. The number of halogens is 2. The molecule has 0 amide bonds. The Labute approximate surface area is 141 Å². The van der Waals surface area contributed by atoms with Gasteiger partial charge in [0.05, 0.1) is 12.8 Å². The number of hydrogen-bond donors (Lipinski definition) is 0. The van der Waals surface area contributed by atoms with Crippen LogP contribution >= 0.6 is 0 Å². The normalized spacial score (nSPS) is 15.4. The Morgan fingerprint density at radius 2 is 2.00 bits per heavy atom. The number of rotatable bonds is 3. The molecule has 0 aliphatic heterocycles. The Morgan fingerprint density at radius 1 is 1.24 bits per heavy atom. The Bertz CT molecular complexity index is 1030. The molecule has 0 unspecified atom stereocenters. The van der Waals surface area contributed by atoms with Gasteiger partial charge >= 0.3 is 0 Å². The monoisotopic (exact) mass is 343 g/mol. The molecule has 7 heteroatoms. The molecular weight excluding hydrogens is 328 g/mol. The minimum atomic E-state index is -1.42. The van der Waals surface area contributed by atoms with E-state index in [1.165, 1.54) is 35.9 Å². The molecule has 2 heterocycles. The molecular formula is C18H15F2N3O2. The zero-order valence-corrected chi connectivity index (χ0v) is 13.7. The standard InChI is InChI=1S/C18H15F2N3O2/c1-10-7-11(18(20)4-5-18)8-12(19)16(10)13-9-15(24)23-6-3-14(25-2)22-17(23)21-13/h3,6-9H,4-5H2,1-2H3. The first kappa shape index (κ1) is 15.7. The minimum Gasteiger partial charge on any atom is -0.481 e. The van der Waals surface area contributed by atoms with E-state index < -0.39 is 11.5 Å². The highest BCUT2D eigenvalue weighted by Gasteiger charge is 2.45. The Kier molecular flexibility index (Phi) is 3.35. The quantitative estimate of drug-likeness (QED) is 0.733. The van der Waals surface area contributed by atoms with Gasteiger partial charge in [0.15, 0.2) is 0 Å². The van der Waals surface area contributed by atoms with E-state index in [0.29, 0.717) is 29.8 Å². The molecule has 5 nitrogen and oxygen atoms in total. The fourth-order valence-electron chi connectivity index (χ4n) is 2.94. The summed E-state index contributed by atoms with van der Waals surface area (Å²) in [6.07, 6.45) is 2.31. The van der Waals surface area contributed by atoms with Crippen LogP contribution in [0.5, 0.6) is 5.88 Å². The third-order valence-electron chi connectivity index (χ3n) is 4.47. The lowest BCUT2D eigenvalue weighted by Crippen LogP contribution is -2.16. The molecule has 1 saturated carbocycles. The van der Waals surface area contributed by atoms with Crippen molar-refractivity contribution in [3.05, 3.63) is 57.8 Å². The summed E-state index contributed by atoms with van der Waals surface area (Å²) >= 11 is 0. The molecule has 1 fully saturated rings. The van der Waals surface area contributed by atoms with Crippen LogP contribution in [0.1, 0.15) is 24.0 Å². The highest BCUT2D eigenvalue weighted by Crippen LogP contribution is 2.50. The molecule has 0 N–H and O–H groups in total. The SMILES string of the molecule is COc1ccn2c(=O)cc(-c3c(C)cc(C4(F)CC4)cc3F)nc2n1. The van der Waals surface area contributed by atoms with Crippen LogP contribution in [-0.4, -0.2) is 21.5 Å². The van der Waals surface area contributed by atoms with Crippen molar-refractivity contribution in [1.82, 2.24) is 14.4 Å². The molecule has 0 atom stereocenters. The molecule has 2 aromatic heterocycles. The number of hydrogen-bond acceptors (Lipinski definition) is 4. The van der Waals surface area contributed by atoms with Crippen molar-refractivity contribution in [2.24, 2.45) is 0 Å². The summed E-state index contributed by atoms with van der Waals surface area (Å²) < 4.78 is 35.2. The second-order valence-corrected chi connectivity index (χ2v) is 6.23. The third kappa shape index (κ3) is 2.56. The fraction of sp³-hybridized carbons (Fsp3) is 0.278. The zero-order valence-electron chi connectivity index (χ0n) is 13.7. The van der Waals surface area contributed by atoms with Crippen LogP contribution < -0.4 is 10.3 Å². The lowest BCUT2D eigenvalue weighted by Gasteiger charge is -2.12. The lowest BCUT2D eigenvalue weighted by atomic mass is 9.98.